The summed E-state index contributed by atoms with van der Waals surface area (Å²) in [5, 5.41) is 12.3. The summed E-state index contributed by atoms with van der Waals surface area (Å²) in [4.78, 5) is 30.4. The zero-order chi connectivity index (χ0) is 20.4. The molecule has 0 spiro atoms. The van der Waals surface area contributed by atoms with Gasteiger partial charge >= 0.3 is 0 Å². The second-order valence-electron chi connectivity index (χ2n) is 6.85. The van der Waals surface area contributed by atoms with Crippen LogP contribution in [-0.4, -0.2) is 46.9 Å². The Hall–Kier alpha value is -3.68. The zero-order valence-electron chi connectivity index (χ0n) is 15.9. The molecule has 1 saturated heterocycles. The smallest absolute Gasteiger partial charge is 0.279 e. The molecule has 1 aliphatic heterocycles. The summed E-state index contributed by atoms with van der Waals surface area (Å²) in [6.07, 6.45) is 3.06. The fourth-order valence-corrected chi connectivity index (χ4v) is 3.53. The molecule has 29 heavy (non-hydrogen) atoms. The Balaban J connectivity index is 1.52. The Kier molecular flexibility index (Phi) is 4.99. The number of carbonyl (C=O) groups excluding carboxylic acids is 1. The first-order valence-electron chi connectivity index (χ1n) is 9.32. The molecule has 3 aromatic rings. The molecule has 8 nitrogen and oxygen atoms in total. The lowest BCUT2D eigenvalue weighted by molar-refractivity contribution is -0.383. The van der Waals surface area contributed by atoms with E-state index in [9.17, 15) is 14.9 Å². The lowest BCUT2D eigenvalue weighted by Gasteiger charge is -2.35. The average Bonchev–Trinajstić information content (AvgIpc) is 2.74. The number of non-ortho nitro benzene ring substituents is 1. The predicted molar refractivity (Wildman–Crippen MR) is 109 cm³/mol. The largest absolute Gasteiger partial charge is 0.457 e. The van der Waals surface area contributed by atoms with E-state index in [4.69, 9.17) is 4.74 Å². The third kappa shape index (κ3) is 3.82. The Morgan fingerprint density at radius 3 is 2.41 bits per heavy atom. The molecular weight excluding hydrogens is 372 g/mol. The summed E-state index contributed by atoms with van der Waals surface area (Å²) in [5.41, 5.74) is 1.07. The predicted octanol–water partition coefficient (Wildman–Crippen LogP) is 3.60. The van der Waals surface area contributed by atoms with Crippen molar-refractivity contribution in [1.29, 1.82) is 0 Å². The van der Waals surface area contributed by atoms with E-state index in [-0.39, 0.29) is 11.6 Å². The Morgan fingerprint density at radius 2 is 1.76 bits per heavy atom. The van der Waals surface area contributed by atoms with Crippen molar-refractivity contribution in [2.75, 3.05) is 31.1 Å². The number of carbonyl (C=O) groups is 1. The molecular formula is C21H20N4O4. The van der Waals surface area contributed by atoms with Crippen molar-refractivity contribution in [3.63, 3.8) is 0 Å². The molecule has 0 unspecified atom stereocenters. The summed E-state index contributed by atoms with van der Waals surface area (Å²) in [5.74, 6) is 1.29. The average molecular weight is 392 g/mol. The zero-order valence-corrected chi connectivity index (χ0v) is 15.9. The van der Waals surface area contributed by atoms with Gasteiger partial charge in [-0.05, 0) is 36.4 Å². The number of rotatable bonds is 4. The third-order valence-corrected chi connectivity index (χ3v) is 5.11. The molecule has 0 N–H and O–H groups in total. The minimum Gasteiger partial charge on any atom is -0.457 e. The van der Waals surface area contributed by atoms with Gasteiger partial charge in [-0.1, -0.05) is 0 Å². The van der Waals surface area contributed by atoms with Crippen molar-refractivity contribution in [2.24, 2.45) is 0 Å². The van der Waals surface area contributed by atoms with Crippen LogP contribution in [0.15, 0.2) is 54.9 Å². The van der Waals surface area contributed by atoms with E-state index in [0.717, 1.165) is 31.9 Å². The van der Waals surface area contributed by atoms with Gasteiger partial charge in [0.1, 0.15) is 11.5 Å². The standard InChI is InChI=1S/C21H20N4O4/c1-15(26)23-10-12-24(13-11-23)16-2-4-17(5-3-16)29-21-7-6-20(25(27)28)19-14-22-9-8-18(19)21/h2-9,14H,10-13H2,1H3. The molecule has 1 fully saturated rings. The minimum absolute atomic E-state index is 0.000464. The number of amides is 1. The van der Waals surface area contributed by atoms with Crippen LogP contribution < -0.4 is 9.64 Å². The third-order valence-electron chi connectivity index (χ3n) is 5.11. The van der Waals surface area contributed by atoms with Crippen LogP contribution in [0.2, 0.25) is 0 Å². The summed E-state index contributed by atoms with van der Waals surface area (Å²) in [6, 6.07) is 12.5. The van der Waals surface area contributed by atoms with Crippen molar-refractivity contribution in [2.45, 2.75) is 6.92 Å². The normalized spacial score (nSPS) is 14.1. The molecule has 1 aromatic heterocycles. The molecule has 2 aromatic carbocycles. The van der Waals surface area contributed by atoms with Crippen molar-refractivity contribution in [1.82, 2.24) is 9.88 Å². The van der Waals surface area contributed by atoms with Gasteiger partial charge in [0.25, 0.3) is 5.69 Å². The van der Waals surface area contributed by atoms with Gasteiger partial charge in [0.05, 0.1) is 10.3 Å². The van der Waals surface area contributed by atoms with Crippen molar-refractivity contribution >= 4 is 28.1 Å². The van der Waals surface area contributed by atoms with Crippen molar-refractivity contribution < 1.29 is 14.5 Å². The number of ether oxygens (including phenoxy) is 1. The maximum Gasteiger partial charge on any atom is 0.279 e. The number of fused-ring (bicyclic) bond motifs is 1. The highest BCUT2D eigenvalue weighted by atomic mass is 16.6. The molecule has 1 amide bonds. The molecule has 0 saturated carbocycles. The van der Waals surface area contributed by atoms with Gasteiger partial charge in [0.2, 0.25) is 5.91 Å². The van der Waals surface area contributed by atoms with Crippen LogP contribution in [0.4, 0.5) is 11.4 Å². The number of nitro benzene ring substituents is 1. The fraction of sp³-hybridized carbons (Fsp3) is 0.238. The minimum atomic E-state index is -0.422. The van der Waals surface area contributed by atoms with Gasteiger partial charge in [-0.25, -0.2) is 0 Å². The maximum absolute atomic E-state index is 11.5. The number of nitrogens with zero attached hydrogens (tertiary/aromatic N) is 4. The molecule has 0 radical (unpaired) electrons. The van der Waals surface area contributed by atoms with Crippen LogP contribution in [0.25, 0.3) is 10.8 Å². The molecule has 1 aliphatic rings. The van der Waals surface area contributed by atoms with Gasteiger partial charge in [-0.3, -0.25) is 19.9 Å². The SMILES string of the molecule is CC(=O)N1CCN(c2ccc(Oc3ccc([N+](=O)[O-])c4cnccc34)cc2)CC1. The molecule has 8 heteroatoms. The van der Waals surface area contributed by atoms with Crippen LogP contribution in [0.3, 0.4) is 0 Å². The monoisotopic (exact) mass is 392 g/mol. The Morgan fingerprint density at radius 1 is 1.03 bits per heavy atom. The number of piperazine rings is 1. The summed E-state index contributed by atoms with van der Waals surface area (Å²) >= 11 is 0. The Labute approximate surface area is 167 Å². The first kappa shape index (κ1) is 18.7. The summed E-state index contributed by atoms with van der Waals surface area (Å²) < 4.78 is 6.00. The van der Waals surface area contributed by atoms with Gasteiger partial charge in [0.15, 0.2) is 0 Å². The van der Waals surface area contributed by atoms with Gasteiger partial charge in [0, 0.05) is 62.6 Å². The number of benzene rings is 2. The number of nitro groups is 1. The quantitative estimate of drug-likeness (QED) is 0.498. The molecule has 0 bridgehead atoms. The lowest BCUT2D eigenvalue weighted by Crippen LogP contribution is -2.48. The Bertz CT molecular complexity index is 1060. The first-order valence-corrected chi connectivity index (χ1v) is 9.32. The van der Waals surface area contributed by atoms with Gasteiger partial charge < -0.3 is 14.5 Å². The van der Waals surface area contributed by atoms with Crippen LogP contribution in [0.1, 0.15) is 6.92 Å². The van der Waals surface area contributed by atoms with E-state index in [2.05, 4.69) is 9.88 Å². The van der Waals surface area contributed by atoms with Crippen LogP contribution >= 0.6 is 0 Å². The lowest BCUT2D eigenvalue weighted by atomic mass is 10.1. The van der Waals surface area contributed by atoms with E-state index in [1.54, 1.807) is 25.3 Å². The highest BCUT2D eigenvalue weighted by molar-refractivity contribution is 5.94. The maximum atomic E-state index is 11.5. The highest BCUT2D eigenvalue weighted by Crippen LogP contribution is 2.35. The van der Waals surface area contributed by atoms with E-state index < -0.39 is 4.92 Å². The number of hydrogen-bond donors (Lipinski definition) is 0. The van der Waals surface area contributed by atoms with E-state index >= 15 is 0 Å². The number of aromatic nitrogens is 1. The van der Waals surface area contributed by atoms with Crippen molar-refractivity contribution in [3.05, 3.63) is 65.0 Å². The number of hydrogen-bond acceptors (Lipinski definition) is 6. The van der Waals surface area contributed by atoms with Crippen LogP contribution in [0.5, 0.6) is 11.5 Å². The summed E-state index contributed by atoms with van der Waals surface area (Å²) in [7, 11) is 0. The number of anilines is 1. The first-order chi connectivity index (χ1) is 14.0. The van der Waals surface area contributed by atoms with E-state index in [1.807, 2.05) is 29.2 Å². The highest BCUT2D eigenvalue weighted by Gasteiger charge is 2.19. The van der Waals surface area contributed by atoms with Crippen molar-refractivity contribution in [3.8, 4) is 11.5 Å². The molecule has 148 valence electrons. The van der Waals surface area contributed by atoms with Crippen LogP contribution in [0, 0.1) is 10.1 Å². The summed E-state index contributed by atoms with van der Waals surface area (Å²) in [6.45, 7) is 4.62. The molecule has 0 atom stereocenters. The second kappa shape index (κ2) is 7.75. The molecule has 2 heterocycles. The van der Waals surface area contributed by atoms with Crippen LogP contribution in [-0.2, 0) is 4.79 Å². The van der Waals surface area contributed by atoms with Gasteiger partial charge in [-0.2, -0.15) is 0 Å². The van der Waals surface area contributed by atoms with Gasteiger partial charge in [-0.15, -0.1) is 0 Å². The number of pyridine rings is 1. The molecule has 4 rings (SSSR count). The topological polar surface area (TPSA) is 88.8 Å². The second-order valence-corrected chi connectivity index (χ2v) is 6.85. The molecule has 0 aliphatic carbocycles. The van der Waals surface area contributed by atoms with E-state index in [1.165, 1.54) is 12.3 Å². The van der Waals surface area contributed by atoms with E-state index in [0.29, 0.717) is 22.3 Å². The fourth-order valence-electron chi connectivity index (χ4n) is 3.53.